The average molecular weight is 439 g/mol. The van der Waals surface area contributed by atoms with E-state index in [-0.39, 0.29) is 18.0 Å². The first kappa shape index (κ1) is 20.5. The van der Waals surface area contributed by atoms with Crippen molar-refractivity contribution in [1.29, 1.82) is 0 Å². The number of aromatic nitrogens is 1. The van der Waals surface area contributed by atoms with Crippen LogP contribution in [0, 0.1) is 23.7 Å². The lowest BCUT2D eigenvalue weighted by Gasteiger charge is -2.54. The second-order valence-electron chi connectivity index (χ2n) is 9.60. The Balaban J connectivity index is 1.19. The van der Waals surface area contributed by atoms with Crippen LogP contribution in [0.2, 0.25) is 0 Å². The minimum atomic E-state index is -0.203. The Labute approximate surface area is 187 Å². The predicted octanol–water partition coefficient (Wildman–Crippen LogP) is 4.60. The Hall–Kier alpha value is -2.41. The first-order valence-electron chi connectivity index (χ1n) is 11.3. The molecular weight excluding hydrogens is 408 g/mol. The Morgan fingerprint density at radius 2 is 1.71 bits per heavy atom. The molecule has 164 valence electrons. The van der Waals surface area contributed by atoms with Crippen LogP contribution in [0.3, 0.4) is 0 Å². The maximum absolute atomic E-state index is 12.9. The lowest BCUT2D eigenvalue weighted by molar-refractivity contribution is -0.0119. The van der Waals surface area contributed by atoms with Crippen molar-refractivity contribution >= 4 is 28.4 Å². The minimum Gasteiger partial charge on any atom is -0.349 e. The van der Waals surface area contributed by atoms with Gasteiger partial charge in [-0.25, -0.2) is 9.78 Å². The van der Waals surface area contributed by atoms with Crippen LogP contribution in [0.5, 0.6) is 0 Å². The monoisotopic (exact) mass is 438 g/mol. The van der Waals surface area contributed by atoms with Gasteiger partial charge in [-0.3, -0.25) is 9.69 Å². The molecule has 0 saturated heterocycles. The van der Waals surface area contributed by atoms with Crippen molar-refractivity contribution in [2.24, 2.45) is 23.7 Å². The van der Waals surface area contributed by atoms with E-state index in [1.54, 1.807) is 13.2 Å². The van der Waals surface area contributed by atoms with Crippen molar-refractivity contribution in [2.75, 3.05) is 11.9 Å². The van der Waals surface area contributed by atoms with Gasteiger partial charge in [0.05, 0.1) is 6.04 Å². The van der Waals surface area contributed by atoms with Crippen molar-refractivity contribution in [3.8, 4) is 0 Å². The minimum absolute atomic E-state index is 0.0317. The molecule has 0 radical (unpaired) electrons. The van der Waals surface area contributed by atoms with Crippen molar-refractivity contribution in [3.05, 3.63) is 47.0 Å². The first-order chi connectivity index (χ1) is 15.0. The van der Waals surface area contributed by atoms with Crippen molar-refractivity contribution in [3.63, 3.8) is 0 Å². The molecule has 0 spiro atoms. The third-order valence-electron chi connectivity index (χ3n) is 7.55. The van der Waals surface area contributed by atoms with Gasteiger partial charge in [-0.1, -0.05) is 12.1 Å². The number of nitrogens with one attached hydrogen (secondary N) is 2. The smallest absolute Gasteiger partial charge is 0.323 e. The van der Waals surface area contributed by atoms with Crippen LogP contribution in [-0.2, 0) is 0 Å². The zero-order valence-electron chi connectivity index (χ0n) is 18.1. The van der Waals surface area contributed by atoms with E-state index < -0.39 is 0 Å². The second kappa shape index (κ2) is 8.26. The van der Waals surface area contributed by atoms with Crippen LogP contribution >= 0.6 is 11.3 Å². The summed E-state index contributed by atoms with van der Waals surface area (Å²) in [5.74, 6) is 3.18. The molecule has 1 aromatic heterocycles. The molecule has 2 aromatic rings. The first-order valence-corrected chi connectivity index (χ1v) is 12.2. The molecule has 1 heterocycles. The largest absolute Gasteiger partial charge is 0.349 e. The van der Waals surface area contributed by atoms with E-state index >= 15 is 0 Å². The van der Waals surface area contributed by atoms with Gasteiger partial charge in [0.1, 0.15) is 0 Å². The number of urea groups is 1. The molecule has 31 heavy (non-hydrogen) atoms. The molecule has 1 aromatic carbocycles. The molecule has 1 unspecified atom stereocenters. The van der Waals surface area contributed by atoms with Crippen molar-refractivity contribution in [2.45, 2.75) is 51.1 Å². The van der Waals surface area contributed by atoms with Crippen LogP contribution in [0.4, 0.5) is 9.93 Å². The zero-order chi connectivity index (χ0) is 21.5. The lowest BCUT2D eigenvalue weighted by atomic mass is 9.54. The van der Waals surface area contributed by atoms with E-state index in [0.717, 1.165) is 17.4 Å². The van der Waals surface area contributed by atoms with Gasteiger partial charge in [0, 0.05) is 30.2 Å². The summed E-state index contributed by atoms with van der Waals surface area (Å²) in [7, 11) is 1.71. The Bertz CT molecular complexity index is 915. The van der Waals surface area contributed by atoms with Crippen LogP contribution < -0.4 is 15.5 Å². The highest BCUT2D eigenvalue weighted by atomic mass is 32.1. The number of rotatable bonds is 5. The van der Waals surface area contributed by atoms with Crippen molar-refractivity contribution in [1.82, 2.24) is 15.6 Å². The van der Waals surface area contributed by atoms with Crippen molar-refractivity contribution < 1.29 is 9.59 Å². The molecule has 0 aliphatic heterocycles. The van der Waals surface area contributed by atoms with Gasteiger partial charge in [-0.15, -0.1) is 11.3 Å². The highest BCUT2D eigenvalue weighted by Crippen LogP contribution is 2.53. The number of thiazole rings is 1. The number of carbonyl (C=O) groups is 2. The Kier molecular flexibility index (Phi) is 5.46. The third kappa shape index (κ3) is 4.07. The fraction of sp³-hybridized carbons (Fsp3) is 0.542. The molecule has 4 saturated carbocycles. The topological polar surface area (TPSA) is 74.3 Å². The van der Waals surface area contributed by atoms with E-state index in [1.807, 2.05) is 36.6 Å². The average Bonchev–Trinajstić information content (AvgIpc) is 3.30. The van der Waals surface area contributed by atoms with Gasteiger partial charge in [0.2, 0.25) is 0 Å². The maximum atomic E-state index is 12.9. The lowest BCUT2D eigenvalue weighted by Crippen LogP contribution is -2.55. The maximum Gasteiger partial charge on any atom is 0.323 e. The van der Waals surface area contributed by atoms with Gasteiger partial charge in [-0.05, 0) is 80.4 Å². The number of carbonyl (C=O) groups excluding carboxylic acids is 2. The second-order valence-corrected chi connectivity index (χ2v) is 10.5. The third-order valence-corrected chi connectivity index (χ3v) is 8.40. The van der Waals surface area contributed by atoms with Gasteiger partial charge < -0.3 is 10.6 Å². The Morgan fingerprint density at radius 3 is 2.29 bits per heavy atom. The van der Waals surface area contributed by atoms with E-state index in [9.17, 15) is 9.59 Å². The zero-order valence-corrected chi connectivity index (χ0v) is 18.9. The molecular formula is C24H30N4O2S. The van der Waals surface area contributed by atoms with Crippen LogP contribution in [-0.4, -0.2) is 30.0 Å². The highest BCUT2D eigenvalue weighted by Gasteiger charge is 2.48. The summed E-state index contributed by atoms with van der Waals surface area (Å²) < 4.78 is 0. The number of nitrogens with zero attached hydrogens (tertiary/aromatic N) is 2. The van der Waals surface area contributed by atoms with E-state index in [2.05, 4.69) is 15.6 Å². The fourth-order valence-electron chi connectivity index (χ4n) is 6.15. The molecule has 4 fully saturated rings. The number of anilines is 1. The number of hydrogen-bond donors (Lipinski definition) is 2. The molecule has 6 nitrogen and oxygen atoms in total. The van der Waals surface area contributed by atoms with E-state index in [1.165, 1.54) is 48.3 Å². The van der Waals surface area contributed by atoms with E-state index in [0.29, 0.717) is 28.6 Å². The summed E-state index contributed by atoms with van der Waals surface area (Å²) in [6.07, 6.45) is 8.28. The van der Waals surface area contributed by atoms with Crippen LogP contribution in [0.15, 0.2) is 35.8 Å². The summed E-state index contributed by atoms with van der Waals surface area (Å²) in [5, 5.41) is 8.85. The van der Waals surface area contributed by atoms with Gasteiger partial charge in [-0.2, -0.15) is 0 Å². The summed E-state index contributed by atoms with van der Waals surface area (Å²) in [5.41, 5.74) is 1.66. The molecule has 3 amide bonds. The molecule has 2 N–H and O–H groups in total. The standard InChI is InChI=1S/C24H30N4O2S/c1-14(26-23(30)28(2)24-25-7-8-31-24)17-3-5-18(6-4-17)22(29)27-21-19-10-15-9-16(12-19)13-20(21)11-15/h3-8,14-16,19-21H,9-13H2,1-2H3,(H,26,30)(H,27,29). The SMILES string of the molecule is CC(NC(=O)N(C)c1nccs1)c1ccc(C(=O)NC2C3CC4CC(C3)CC2C4)cc1. The van der Waals surface area contributed by atoms with E-state index in [4.69, 9.17) is 0 Å². The Morgan fingerprint density at radius 1 is 1.06 bits per heavy atom. The highest BCUT2D eigenvalue weighted by molar-refractivity contribution is 7.13. The normalized spacial score (nSPS) is 29.4. The van der Waals surface area contributed by atoms with Crippen LogP contribution in [0.1, 0.15) is 61.0 Å². The van der Waals surface area contributed by atoms with Crippen LogP contribution in [0.25, 0.3) is 0 Å². The van der Waals surface area contributed by atoms with Gasteiger partial charge in [0.25, 0.3) is 5.91 Å². The van der Waals surface area contributed by atoms with Gasteiger partial charge in [0.15, 0.2) is 5.13 Å². The summed E-state index contributed by atoms with van der Waals surface area (Å²) in [6, 6.07) is 7.57. The fourth-order valence-corrected chi connectivity index (χ4v) is 6.76. The predicted molar refractivity (Wildman–Crippen MR) is 122 cm³/mol. The molecule has 4 aliphatic rings. The molecule has 7 heteroatoms. The number of hydrogen-bond acceptors (Lipinski definition) is 4. The number of amides is 3. The molecule has 4 bridgehead atoms. The summed E-state index contributed by atoms with van der Waals surface area (Å²) >= 11 is 1.42. The number of benzene rings is 1. The molecule has 4 aliphatic carbocycles. The van der Waals surface area contributed by atoms with Gasteiger partial charge >= 0.3 is 6.03 Å². The quantitative estimate of drug-likeness (QED) is 0.716. The summed E-state index contributed by atoms with van der Waals surface area (Å²) in [6.45, 7) is 1.94. The summed E-state index contributed by atoms with van der Waals surface area (Å²) in [4.78, 5) is 31.1. The molecule has 1 atom stereocenters. The molecule has 6 rings (SSSR count).